The summed E-state index contributed by atoms with van der Waals surface area (Å²) in [4.78, 5) is 25.3. The second kappa shape index (κ2) is 9.68. The van der Waals surface area contributed by atoms with Gasteiger partial charge in [-0.3, -0.25) is 4.79 Å². The van der Waals surface area contributed by atoms with Crippen molar-refractivity contribution in [3.8, 4) is 5.69 Å². The number of amides is 1. The molecule has 150 valence electrons. The normalized spacial score (nSPS) is 11.7. The average Bonchev–Trinajstić information content (AvgIpc) is 3.18. The first-order chi connectivity index (χ1) is 14.1. The van der Waals surface area contributed by atoms with E-state index in [4.69, 9.17) is 4.74 Å². The number of hydrogen-bond donors (Lipinski definition) is 1. The van der Waals surface area contributed by atoms with Gasteiger partial charge in [0.2, 0.25) is 0 Å². The number of carbonyl (C=O) groups excluding carboxylic acids is 2. The Kier molecular flexibility index (Phi) is 6.79. The molecule has 0 aliphatic rings. The zero-order valence-electron chi connectivity index (χ0n) is 16.7. The molecule has 6 heteroatoms. The number of para-hydroxylation sites is 1. The number of aromatic nitrogens is 2. The van der Waals surface area contributed by atoms with Gasteiger partial charge in [-0.25, -0.2) is 9.48 Å². The number of nitrogens with zero attached hydrogens (tertiary/aromatic N) is 2. The van der Waals surface area contributed by atoms with E-state index in [1.165, 1.54) is 7.11 Å². The lowest BCUT2D eigenvalue weighted by atomic mass is 10.0. The van der Waals surface area contributed by atoms with Gasteiger partial charge in [0, 0.05) is 6.42 Å². The molecule has 0 fully saturated rings. The lowest BCUT2D eigenvalue weighted by Crippen LogP contribution is -2.43. The smallest absolute Gasteiger partial charge is 0.328 e. The molecule has 1 atom stereocenters. The molecule has 0 saturated heterocycles. The Bertz CT molecular complexity index is 952. The molecule has 0 aliphatic heterocycles. The number of ether oxygens (including phenoxy) is 1. The average molecular weight is 391 g/mol. The number of rotatable bonds is 8. The van der Waals surface area contributed by atoms with Crippen LogP contribution in [0.5, 0.6) is 0 Å². The van der Waals surface area contributed by atoms with Gasteiger partial charge in [-0.15, -0.1) is 0 Å². The fraction of sp³-hybridized carbons (Fsp3) is 0.261. The highest BCUT2D eigenvalue weighted by atomic mass is 16.5. The van der Waals surface area contributed by atoms with E-state index in [1.54, 1.807) is 10.9 Å². The number of methoxy groups -OCH3 is 1. The number of carbonyl (C=O) groups is 2. The van der Waals surface area contributed by atoms with Crippen LogP contribution < -0.4 is 5.32 Å². The molecule has 0 bridgehead atoms. The lowest BCUT2D eigenvalue weighted by Gasteiger charge is -2.17. The molecule has 1 aromatic heterocycles. The number of benzene rings is 2. The van der Waals surface area contributed by atoms with Gasteiger partial charge in [-0.2, -0.15) is 5.10 Å². The molecular weight excluding hydrogens is 366 g/mol. The molecule has 2 aromatic carbocycles. The summed E-state index contributed by atoms with van der Waals surface area (Å²) in [5.41, 5.74) is 3.12. The monoisotopic (exact) mass is 391 g/mol. The van der Waals surface area contributed by atoms with Gasteiger partial charge >= 0.3 is 5.97 Å². The van der Waals surface area contributed by atoms with Gasteiger partial charge < -0.3 is 10.1 Å². The molecule has 1 heterocycles. The van der Waals surface area contributed by atoms with E-state index in [1.807, 2.05) is 60.7 Å². The van der Waals surface area contributed by atoms with E-state index < -0.39 is 12.0 Å². The highest BCUT2D eigenvalue weighted by Crippen LogP contribution is 2.17. The summed E-state index contributed by atoms with van der Waals surface area (Å²) in [6.45, 7) is 2.05. The molecule has 1 unspecified atom stereocenters. The minimum absolute atomic E-state index is 0.332. The van der Waals surface area contributed by atoms with Gasteiger partial charge in [0.25, 0.3) is 5.91 Å². The van der Waals surface area contributed by atoms with Crippen LogP contribution in [-0.4, -0.2) is 34.8 Å². The third kappa shape index (κ3) is 4.90. The maximum atomic E-state index is 13.0. The molecule has 6 nitrogen and oxygen atoms in total. The van der Waals surface area contributed by atoms with Crippen LogP contribution in [0.15, 0.2) is 66.9 Å². The van der Waals surface area contributed by atoms with Crippen molar-refractivity contribution < 1.29 is 14.3 Å². The minimum atomic E-state index is -0.774. The molecule has 0 radical (unpaired) electrons. The van der Waals surface area contributed by atoms with E-state index in [9.17, 15) is 9.59 Å². The maximum absolute atomic E-state index is 13.0. The van der Waals surface area contributed by atoms with Gasteiger partial charge in [0.1, 0.15) is 6.04 Å². The van der Waals surface area contributed by atoms with Crippen LogP contribution in [0.2, 0.25) is 0 Å². The Morgan fingerprint density at radius 2 is 1.72 bits per heavy atom. The summed E-state index contributed by atoms with van der Waals surface area (Å²) in [5.74, 6) is -0.809. The molecule has 1 amide bonds. The fourth-order valence-corrected chi connectivity index (χ4v) is 3.25. The Morgan fingerprint density at radius 3 is 2.34 bits per heavy atom. The third-order valence-corrected chi connectivity index (χ3v) is 4.67. The summed E-state index contributed by atoms with van der Waals surface area (Å²) in [6, 6.07) is 18.4. The quantitative estimate of drug-likeness (QED) is 0.598. The summed E-state index contributed by atoms with van der Waals surface area (Å²) in [7, 11) is 1.32. The predicted molar refractivity (Wildman–Crippen MR) is 111 cm³/mol. The standard InChI is InChI=1S/C23H25N3O3/c1-3-10-21-19(16-24-26(21)18-13-8-5-9-14-18)22(27)25-20(23(28)29-2)15-17-11-6-4-7-12-17/h4-9,11-14,16,20H,3,10,15H2,1-2H3,(H,25,27). The van der Waals surface area contributed by atoms with Crippen LogP contribution in [0, 0.1) is 0 Å². The zero-order chi connectivity index (χ0) is 20.6. The first-order valence-corrected chi connectivity index (χ1v) is 9.69. The van der Waals surface area contributed by atoms with Crippen molar-refractivity contribution in [3.05, 3.63) is 83.7 Å². The molecule has 1 N–H and O–H groups in total. The maximum Gasteiger partial charge on any atom is 0.328 e. The van der Waals surface area contributed by atoms with E-state index >= 15 is 0 Å². The van der Waals surface area contributed by atoms with Crippen LogP contribution >= 0.6 is 0 Å². The van der Waals surface area contributed by atoms with E-state index in [2.05, 4.69) is 17.3 Å². The first-order valence-electron chi connectivity index (χ1n) is 9.69. The van der Waals surface area contributed by atoms with E-state index in [0.717, 1.165) is 23.4 Å². The summed E-state index contributed by atoms with van der Waals surface area (Å²) in [6.07, 6.45) is 3.47. The van der Waals surface area contributed by atoms with Crippen LogP contribution in [-0.2, 0) is 22.4 Å². The van der Waals surface area contributed by atoms with Crippen LogP contribution in [0.3, 0.4) is 0 Å². The van der Waals surface area contributed by atoms with E-state index in [-0.39, 0.29) is 5.91 Å². The van der Waals surface area contributed by atoms with Gasteiger partial charge in [0.15, 0.2) is 0 Å². The molecular formula is C23H25N3O3. The summed E-state index contributed by atoms with van der Waals surface area (Å²) in [5, 5.41) is 7.25. The predicted octanol–water partition coefficient (Wildman–Crippen LogP) is 3.34. The van der Waals surface area contributed by atoms with Gasteiger partial charge in [-0.05, 0) is 24.1 Å². The van der Waals surface area contributed by atoms with Crippen LogP contribution in [0.25, 0.3) is 5.69 Å². The summed E-state index contributed by atoms with van der Waals surface area (Å²) < 4.78 is 6.68. The Labute approximate surface area is 170 Å². The minimum Gasteiger partial charge on any atom is -0.467 e. The molecule has 0 saturated carbocycles. The summed E-state index contributed by atoms with van der Waals surface area (Å²) >= 11 is 0. The second-order valence-corrected chi connectivity index (χ2v) is 6.74. The van der Waals surface area contributed by atoms with Crippen molar-refractivity contribution >= 4 is 11.9 Å². The van der Waals surface area contributed by atoms with E-state index in [0.29, 0.717) is 18.4 Å². The highest BCUT2D eigenvalue weighted by molar-refractivity contribution is 5.97. The molecule has 29 heavy (non-hydrogen) atoms. The topological polar surface area (TPSA) is 73.2 Å². The van der Waals surface area contributed by atoms with Crippen molar-refractivity contribution in [1.82, 2.24) is 15.1 Å². The SMILES string of the molecule is CCCc1c(C(=O)NC(Cc2ccccc2)C(=O)OC)cnn1-c1ccccc1. The lowest BCUT2D eigenvalue weighted by molar-refractivity contribution is -0.142. The molecule has 3 aromatic rings. The number of hydrogen-bond acceptors (Lipinski definition) is 4. The third-order valence-electron chi connectivity index (χ3n) is 4.67. The number of nitrogens with one attached hydrogen (secondary N) is 1. The number of esters is 1. The Hall–Kier alpha value is -3.41. The fourth-order valence-electron chi connectivity index (χ4n) is 3.25. The van der Waals surface area contributed by atoms with Crippen LogP contribution in [0.4, 0.5) is 0 Å². The molecule has 0 spiro atoms. The van der Waals surface area contributed by atoms with Crippen molar-refractivity contribution in [2.45, 2.75) is 32.2 Å². The van der Waals surface area contributed by atoms with Gasteiger partial charge in [-0.1, -0.05) is 61.9 Å². The Balaban J connectivity index is 1.86. The zero-order valence-corrected chi connectivity index (χ0v) is 16.7. The van der Waals surface area contributed by atoms with Crippen LogP contribution in [0.1, 0.15) is 35.0 Å². The highest BCUT2D eigenvalue weighted by Gasteiger charge is 2.25. The first kappa shape index (κ1) is 20.3. The molecule has 3 rings (SSSR count). The second-order valence-electron chi connectivity index (χ2n) is 6.74. The largest absolute Gasteiger partial charge is 0.467 e. The Morgan fingerprint density at radius 1 is 1.07 bits per heavy atom. The van der Waals surface area contributed by atoms with Gasteiger partial charge in [0.05, 0.1) is 30.3 Å². The van der Waals surface area contributed by atoms with Crippen molar-refractivity contribution in [2.24, 2.45) is 0 Å². The van der Waals surface area contributed by atoms with Crippen molar-refractivity contribution in [3.63, 3.8) is 0 Å². The molecule has 0 aliphatic carbocycles. The van der Waals surface area contributed by atoms with Crippen molar-refractivity contribution in [2.75, 3.05) is 7.11 Å². The van der Waals surface area contributed by atoms with Crippen molar-refractivity contribution in [1.29, 1.82) is 0 Å².